The Morgan fingerprint density at radius 2 is 2.07 bits per heavy atom. The summed E-state index contributed by atoms with van der Waals surface area (Å²) in [6.45, 7) is 6.52. The largest absolute Gasteiger partial charge is 0.345 e. The van der Waals surface area contributed by atoms with Gasteiger partial charge in [0.1, 0.15) is 5.65 Å². The van der Waals surface area contributed by atoms with Crippen LogP contribution in [0.1, 0.15) is 26.3 Å². The number of nitrogens with zero attached hydrogens (tertiary/aromatic N) is 1. The first-order chi connectivity index (χ1) is 6.50. The molecule has 0 aliphatic rings. The Morgan fingerprint density at radius 1 is 1.36 bits per heavy atom. The highest BCUT2D eigenvalue weighted by atomic mass is 35.5. The maximum Gasteiger partial charge on any atom is 0.139 e. The molecule has 0 unspecified atom stereocenters. The van der Waals surface area contributed by atoms with Crippen LogP contribution in [0, 0.1) is 0 Å². The third kappa shape index (κ3) is 1.40. The molecule has 2 nitrogen and oxygen atoms in total. The molecule has 0 atom stereocenters. The summed E-state index contributed by atoms with van der Waals surface area (Å²) in [5.74, 6) is 0. The second kappa shape index (κ2) is 2.99. The van der Waals surface area contributed by atoms with E-state index >= 15 is 0 Å². The molecular formula is C11H13ClN2. The number of hydrogen-bond donors (Lipinski definition) is 1. The number of fused-ring (bicyclic) bond motifs is 1. The number of rotatable bonds is 0. The van der Waals surface area contributed by atoms with Gasteiger partial charge >= 0.3 is 0 Å². The lowest BCUT2D eigenvalue weighted by molar-refractivity contribution is 0.595. The molecule has 0 aliphatic carbocycles. The summed E-state index contributed by atoms with van der Waals surface area (Å²) in [5, 5.41) is 1.79. The summed E-state index contributed by atoms with van der Waals surface area (Å²) in [6, 6.07) is 2.03. The highest BCUT2D eigenvalue weighted by Gasteiger charge is 2.19. The second-order valence-electron chi connectivity index (χ2n) is 4.47. The highest BCUT2D eigenvalue weighted by Crippen LogP contribution is 2.32. The monoisotopic (exact) mass is 208 g/mol. The van der Waals surface area contributed by atoms with Crippen molar-refractivity contribution in [2.24, 2.45) is 0 Å². The van der Waals surface area contributed by atoms with Gasteiger partial charge in [-0.2, -0.15) is 0 Å². The van der Waals surface area contributed by atoms with Crippen LogP contribution in [-0.4, -0.2) is 9.97 Å². The number of nitrogens with one attached hydrogen (secondary N) is 1. The molecule has 3 heteroatoms. The third-order valence-corrected chi connectivity index (χ3v) is 2.63. The van der Waals surface area contributed by atoms with Gasteiger partial charge in [0.15, 0.2) is 0 Å². The van der Waals surface area contributed by atoms with Crippen LogP contribution in [-0.2, 0) is 5.41 Å². The number of hydrogen-bond acceptors (Lipinski definition) is 1. The fraction of sp³-hybridized carbons (Fsp3) is 0.364. The average molecular weight is 209 g/mol. The Bertz CT molecular complexity index is 466. The van der Waals surface area contributed by atoms with Crippen LogP contribution in [0.2, 0.25) is 5.02 Å². The SMILES string of the molecule is CC(C)(C)c1ccnc2[nH]cc(Cl)c12. The molecule has 0 aliphatic heterocycles. The molecule has 2 rings (SSSR count). The molecule has 0 saturated heterocycles. The van der Waals surface area contributed by atoms with Gasteiger partial charge in [-0.3, -0.25) is 0 Å². The number of aromatic amines is 1. The van der Waals surface area contributed by atoms with Crippen molar-refractivity contribution in [2.45, 2.75) is 26.2 Å². The number of aromatic nitrogens is 2. The molecule has 0 saturated carbocycles. The fourth-order valence-corrected chi connectivity index (χ4v) is 1.89. The number of halogens is 1. The zero-order valence-corrected chi connectivity index (χ0v) is 9.31. The van der Waals surface area contributed by atoms with Gasteiger partial charge in [0.2, 0.25) is 0 Å². The lowest BCUT2D eigenvalue weighted by Crippen LogP contribution is -2.11. The van der Waals surface area contributed by atoms with Gasteiger partial charge in [-0.1, -0.05) is 32.4 Å². The first-order valence-electron chi connectivity index (χ1n) is 4.62. The van der Waals surface area contributed by atoms with Crippen molar-refractivity contribution < 1.29 is 0 Å². The molecular weight excluding hydrogens is 196 g/mol. The van der Waals surface area contributed by atoms with Crippen LogP contribution in [0.15, 0.2) is 18.5 Å². The third-order valence-electron chi connectivity index (χ3n) is 2.33. The van der Waals surface area contributed by atoms with Crippen molar-refractivity contribution in [2.75, 3.05) is 0 Å². The summed E-state index contributed by atoms with van der Waals surface area (Å²) in [7, 11) is 0. The van der Waals surface area contributed by atoms with Crippen molar-refractivity contribution in [3.63, 3.8) is 0 Å². The van der Waals surface area contributed by atoms with Crippen LogP contribution < -0.4 is 0 Å². The van der Waals surface area contributed by atoms with E-state index in [0.29, 0.717) is 0 Å². The number of H-pyrrole nitrogens is 1. The Balaban J connectivity index is 2.82. The van der Waals surface area contributed by atoms with E-state index in [1.807, 2.05) is 12.3 Å². The van der Waals surface area contributed by atoms with Gasteiger partial charge in [0.05, 0.1) is 5.02 Å². The van der Waals surface area contributed by atoms with Crippen molar-refractivity contribution in [1.29, 1.82) is 0 Å². The Kier molecular flexibility index (Phi) is 2.04. The molecule has 0 spiro atoms. The number of pyridine rings is 1. The zero-order valence-electron chi connectivity index (χ0n) is 8.56. The average Bonchev–Trinajstić information content (AvgIpc) is 2.46. The van der Waals surface area contributed by atoms with Gasteiger partial charge < -0.3 is 4.98 Å². The van der Waals surface area contributed by atoms with Crippen molar-refractivity contribution in [1.82, 2.24) is 9.97 Å². The fourth-order valence-electron chi connectivity index (χ4n) is 1.64. The molecule has 74 valence electrons. The minimum Gasteiger partial charge on any atom is -0.345 e. The van der Waals surface area contributed by atoms with Crippen LogP contribution in [0.3, 0.4) is 0 Å². The molecule has 2 heterocycles. The maximum absolute atomic E-state index is 6.11. The van der Waals surface area contributed by atoms with Gasteiger partial charge in [0.25, 0.3) is 0 Å². The van der Waals surface area contributed by atoms with Gasteiger partial charge in [0, 0.05) is 17.8 Å². The summed E-state index contributed by atoms with van der Waals surface area (Å²) >= 11 is 6.11. The van der Waals surface area contributed by atoms with Gasteiger partial charge in [-0.15, -0.1) is 0 Å². The van der Waals surface area contributed by atoms with E-state index in [4.69, 9.17) is 11.6 Å². The second-order valence-corrected chi connectivity index (χ2v) is 4.88. The maximum atomic E-state index is 6.11. The molecule has 0 fully saturated rings. The Morgan fingerprint density at radius 3 is 2.71 bits per heavy atom. The molecule has 0 amide bonds. The quantitative estimate of drug-likeness (QED) is 0.705. The van der Waals surface area contributed by atoms with Crippen molar-refractivity contribution in [3.05, 3.63) is 29.0 Å². The summed E-state index contributed by atoms with van der Waals surface area (Å²) in [5.41, 5.74) is 2.18. The normalized spacial score (nSPS) is 12.3. The molecule has 0 radical (unpaired) electrons. The van der Waals surface area contributed by atoms with E-state index in [0.717, 1.165) is 16.1 Å². The summed E-state index contributed by atoms with van der Waals surface area (Å²) < 4.78 is 0. The Hall–Kier alpha value is -1.02. The zero-order chi connectivity index (χ0) is 10.3. The predicted octanol–water partition coefficient (Wildman–Crippen LogP) is 3.51. The standard InChI is InChI=1S/C11H13ClN2/c1-11(2,3)7-4-5-13-10-9(7)8(12)6-14-10/h4-6H,1-3H3,(H,13,14). The van der Waals surface area contributed by atoms with E-state index in [1.54, 1.807) is 6.20 Å². The molecule has 1 N–H and O–H groups in total. The topological polar surface area (TPSA) is 28.7 Å². The van der Waals surface area contributed by atoms with E-state index < -0.39 is 0 Å². The highest BCUT2D eigenvalue weighted by molar-refractivity contribution is 6.35. The Labute approximate surface area is 88.3 Å². The molecule has 2 aromatic rings. The predicted molar refractivity (Wildman–Crippen MR) is 59.8 cm³/mol. The van der Waals surface area contributed by atoms with E-state index in [2.05, 4.69) is 30.7 Å². The summed E-state index contributed by atoms with van der Waals surface area (Å²) in [6.07, 6.45) is 3.60. The van der Waals surface area contributed by atoms with E-state index in [1.165, 1.54) is 5.56 Å². The van der Waals surface area contributed by atoms with Crippen LogP contribution in [0.5, 0.6) is 0 Å². The van der Waals surface area contributed by atoms with E-state index in [-0.39, 0.29) is 5.41 Å². The molecule has 0 aromatic carbocycles. The van der Waals surface area contributed by atoms with Crippen LogP contribution in [0.25, 0.3) is 11.0 Å². The van der Waals surface area contributed by atoms with Crippen LogP contribution >= 0.6 is 11.6 Å². The minimum atomic E-state index is 0.0903. The smallest absolute Gasteiger partial charge is 0.139 e. The minimum absolute atomic E-state index is 0.0903. The van der Waals surface area contributed by atoms with Crippen molar-refractivity contribution in [3.8, 4) is 0 Å². The van der Waals surface area contributed by atoms with Gasteiger partial charge in [-0.05, 0) is 17.0 Å². The molecule has 0 bridgehead atoms. The lowest BCUT2D eigenvalue weighted by atomic mass is 9.86. The lowest BCUT2D eigenvalue weighted by Gasteiger charge is -2.19. The summed E-state index contributed by atoms with van der Waals surface area (Å²) in [4.78, 5) is 7.29. The van der Waals surface area contributed by atoms with Crippen LogP contribution in [0.4, 0.5) is 0 Å². The molecule has 14 heavy (non-hydrogen) atoms. The first kappa shape index (κ1) is 9.53. The van der Waals surface area contributed by atoms with E-state index in [9.17, 15) is 0 Å². The van der Waals surface area contributed by atoms with Gasteiger partial charge in [-0.25, -0.2) is 4.98 Å². The molecule has 2 aromatic heterocycles. The first-order valence-corrected chi connectivity index (χ1v) is 5.00. The van der Waals surface area contributed by atoms with Crippen molar-refractivity contribution >= 4 is 22.6 Å².